The molecule has 3 rings (SSSR count). The zero-order valence-electron chi connectivity index (χ0n) is 12.9. The average molecular weight is 348 g/mol. The van der Waals surface area contributed by atoms with Gasteiger partial charge in [-0.3, -0.25) is 14.2 Å². The number of benzene rings is 1. The number of nitrogens with zero attached hydrogens (tertiary/aromatic N) is 3. The van der Waals surface area contributed by atoms with E-state index in [2.05, 4.69) is 14.9 Å². The number of carbonyl (C=O) groups is 1. The summed E-state index contributed by atoms with van der Waals surface area (Å²) in [6, 6.07) is 9.03. The summed E-state index contributed by atoms with van der Waals surface area (Å²) in [7, 11) is 1.32. The summed E-state index contributed by atoms with van der Waals surface area (Å²) in [6.45, 7) is 0.127. The summed E-state index contributed by atoms with van der Waals surface area (Å²) >= 11 is 6.02. The van der Waals surface area contributed by atoms with Gasteiger partial charge in [-0.1, -0.05) is 35.0 Å². The summed E-state index contributed by atoms with van der Waals surface area (Å²) in [6.07, 6.45) is 0.434. The van der Waals surface area contributed by atoms with Gasteiger partial charge in [-0.2, -0.15) is 4.98 Å². The SMILES string of the molecule is COC(=O)CCc1nc(Cn2c(=O)c(Cl)cc3ccccc32)no1. The Morgan fingerprint density at radius 1 is 1.38 bits per heavy atom. The van der Waals surface area contributed by atoms with E-state index in [0.29, 0.717) is 11.7 Å². The number of pyridine rings is 1. The first kappa shape index (κ1) is 16.2. The Morgan fingerprint density at radius 3 is 2.96 bits per heavy atom. The van der Waals surface area contributed by atoms with E-state index in [9.17, 15) is 9.59 Å². The van der Waals surface area contributed by atoms with E-state index < -0.39 is 0 Å². The van der Waals surface area contributed by atoms with E-state index in [4.69, 9.17) is 16.1 Å². The van der Waals surface area contributed by atoms with Gasteiger partial charge in [0.25, 0.3) is 5.56 Å². The van der Waals surface area contributed by atoms with Crippen molar-refractivity contribution in [3.63, 3.8) is 0 Å². The van der Waals surface area contributed by atoms with Crippen LogP contribution < -0.4 is 5.56 Å². The van der Waals surface area contributed by atoms with E-state index in [-0.39, 0.29) is 35.9 Å². The molecule has 0 N–H and O–H groups in total. The smallest absolute Gasteiger partial charge is 0.306 e. The highest BCUT2D eigenvalue weighted by Crippen LogP contribution is 2.16. The molecule has 0 radical (unpaired) electrons. The van der Waals surface area contributed by atoms with Gasteiger partial charge in [0, 0.05) is 6.42 Å². The molecule has 1 aromatic carbocycles. The second kappa shape index (κ2) is 6.84. The van der Waals surface area contributed by atoms with Crippen LogP contribution in [0.2, 0.25) is 5.02 Å². The number of methoxy groups -OCH3 is 1. The molecule has 7 nitrogen and oxygen atoms in total. The summed E-state index contributed by atoms with van der Waals surface area (Å²) < 4.78 is 11.2. The van der Waals surface area contributed by atoms with Crippen LogP contribution in [-0.2, 0) is 22.5 Å². The van der Waals surface area contributed by atoms with Crippen molar-refractivity contribution >= 4 is 28.5 Å². The molecule has 0 atom stereocenters. The molecule has 2 aromatic heterocycles. The molecule has 124 valence electrons. The predicted octanol–water partition coefficient (Wildman–Crippen LogP) is 2.19. The second-order valence-electron chi connectivity index (χ2n) is 5.12. The van der Waals surface area contributed by atoms with Gasteiger partial charge in [0.1, 0.15) is 5.02 Å². The molecule has 8 heteroatoms. The Morgan fingerprint density at radius 2 is 2.17 bits per heavy atom. The summed E-state index contributed by atoms with van der Waals surface area (Å²) in [5.74, 6) is 0.297. The maximum absolute atomic E-state index is 12.3. The van der Waals surface area contributed by atoms with E-state index >= 15 is 0 Å². The Bertz CT molecular complexity index is 948. The summed E-state index contributed by atoms with van der Waals surface area (Å²) in [4.78, 5) is 27.7. The van der Waals surface area contributed by atoms with Crippen LogP contribution in [0.25, 0.3) is 10.9 Å². The molecular formula is C16H14ClN3O4. The third kappa shape index (κ3) is 3.30. The maximum Gasteiger partial charge on any atom is 0.306 e. The van der Waals surface area contributed by atoms with Crippen molar-refractivity contribution in [2.45, 2.75) is 19.4 Å². The third-order valence-corrected chi connectivity index (χ3v) is 3.81. The zero-order valence-corrected chi connectivity index (χ0v) is 13.6. The Hall–Kier alpha value is -2.67. The molecule has 0 amide bonds. The highest BCUT2D eigenvalue weighted by atomic mass is 35.5. The molecule has 0 saturated heterocycles. The molecule has 0 aliphatic rings. The number of fused-ring (bicyclic) bond motifs is 1. The average Bonchev–Trinajstić information content (AvgIpc) is 3.04. The first-order chi connectivity index (χ1) is 11.6. The van der Waals surface area contributed by atoms with E-state index in [1.165, 1.54) is 11.7 Å². The van der Waals surface area contributed by atoms with E-state index in [0.717, 1.165) is 10.9 Å². The van der Waals surface area contributed by atoms with Crippen molar-refractivity contribution < 1.29 is 14.1 Å². The maximum atomic E-state index is 12.3. The predicted molar refractivity (Wildman–Crippen MR) is 87.0 cm³/mol. The van der Waals surface area contributed by atoms with Crippen LogP contribution >= 0.6 is 11.6 Å². The number of halogens is 1. The number of carbonyl (C=O) groups excluding carboxylic acids is 1. The molecule has 0 aliphatic carbocycles. The van der Waals surface area contributed by atoms with Gasteiger partial charge in [0.15, 0.2) is 5.82 Å². The number of esters is 1. The minimum Gasteiger partial charge on any atom is -0.469 e. The van der Waals surface area contributed by atoms with Crippen LogP contribution in [0.4, 0.5) is 0 Å². The van der Waals surface area contributed by atoms with E-state index in [1.54, 1.807) is 6.07 Å². The lowest BCUT2D eigenvalue weighted by Crippen LogP contribution is -2.22. The van der Waals surface area contributed by atoms with Gasteiger partial charge in [-0.05, 0) is 17.5 Å². The minimum atomic E-state index is -0.355. The van der Waals surface area contributed by atoms with Crippen molar-refractivity contribution in [1.82, 2.24) is 14.7 Å². The van der Waals surface area contributed by atoms with Crippen molar-refractivity contribution in [3.05, 3.63) is 57.4 Å². The highest BCUT2D eigenvalue weighted by Gasteiger charge is 2.13. The molecule has 0 spiro atoms. The fraction of sp³-hybridized carbons (Fsp3) is 0.250. The van der Waals surface area contributed by atoms with Gasteiger partial charge >= 0.3 is 5.97 Å². The lowest BCUT2D eigenvalue weighted by atomic mass is 10.2. The monoisotopic (exact) mass is 347 g/mol. The van der Waals surface area contributed by atoms with Gasteiger partial charge < -0.3 is 9.26 Å². The third-order valence-electron chi connectivity index (χ3n) is 3.54. The number of aromatic nitrogens is 3. The largest absolute Gasteiger partial charge is 0.469 e. The number of hydrogen-bond donors (Lipinski definition) is 0. The topological polar surface area (TPSA) is 87.2 Å². The molecule has 0 unspecified atom stereocenters. The lowest BCUT2D eigenvalue weighted by molar-refractivity contribution is -0.140. The Labute approximate surface area is 141 Å². The lowest BCUT2D eigenvalue weighted by Gasteiger charge is -2.08. The van der Waals surface area contributed by atoms with Gasteiger partial charge in [-0.15, -0.1) is 0 Å². The Kier molecular flexibility index (Phi) is 4.61. The van der Waals surface area contributed by atoms with Crippen LogP contribution in [0.1, 0.15) is 18.1 Å². The van der Waals surface area contributed by atoms with Crippen molar-refractivity contribution in [2.75, 3.05) is 7.11 Å². The van der Waals surface area contributed by atoms with Crippen LogP contribution in [0.5, 0.6) is 0 Å². The van der Waals surface area contributed by atoms with Crippen LogP contribution in [-0.4, -0.2) is 27.8 Å². The standard InChI is InChI=1S/C16H14ClN3O4/c1-23-15(21)7-6-14-18-13(19-24-14)9-20-12-5-3-2-4-10(12)8-11(17)16(20)22/h2-5,8H,6-7,9H2,1H3. The zero-order chi connectivity index (χ0) is 17.1. The second-order valence-corrected chi connectivity index (χ2v) is 5.53. The first-order valence-corrected chi connectivity index (χ1v) is 7.62. The summed E-state index contributed by atoms with van der Waals surface area (Å²) in [5.41, 5.74) is 0.407. The fourth-order valence-corrected chi connectivity index (χ4v) is 2.58. The number of rotatable bonds is 5. The normalized spacial score (nSPS) is 10.9. The number of aryl methyl sites for hydroxylation is 1. The number of hydrogen-bond acceptors (Lipinski definition) is 6. The molecule has 24 heavy (non-hydrogen) atoms. The van der Waals surface area contributed by atoms with Crippen molar-refractivity contribution in [3.8, 4) is 0 Å². The molecule has 0 bridgehead atoms. The molecule has 0 aliphatic heterocycles. The highest BCUT2D eigenvalue weighted by molar-refractivity contribution is 6.31. The van der Waals surface area contributed by atoms with Crippen molar-refractivity contribution in [2.24, 2.45) is 0 Å². The molecule has 0 fully saturated rings. The summed E-state index contributed by atoms with van der Waals surface area (Å²) in [5, 5.41) is 4.82. The van der Waals surface area contributed by atoms with E-state index in [1.807, 2.05) is 24.3 Å². The number of para-hydroxylation sites is 1. The Balaban J connectivity index is 1.88. The van der Waals surface area contributed by atoms with Gasteiger partial charge in [0.05, 0.1) is 25.6 Å². The van der Waals surface area contributed by atoms with Crippen LogP contribution in [0.3, 0.4) is 0 Å². The first-order valence-electron chi connectivity index (χ1n) is 7.25. The molecule has 0 saturated carbocycles. The quantitative estimate of drug-likeness (QED) is 0.657. The van der Waals surface area contributed by atoms with Gasteiger partial charge in [0.2, 0.25) is 5.89 Å². The van der Waals surface area contributed by atoms with Gasteiger partial charge in [-0.25, -0.2) is 0 Å². The molecule has 3 aromatic rings. The number of ether oxygens (including phenoxy) is 1. The van der Waals surface area contributed by atoms with Crippen LogP contribution in [0.15, 0.2) is 39.6 Å². The molecular weight excluding hydrogens is 334 g/mol. The minimum absolute atomic E-state index is 0.127. The molecule has 2 heterocycles. The van der Waals surface area contributed by atoms with Crippen LogP contribution in [0, 0.1) is 0 Å². The van der Waals surface area contributed by atoms with Crippen molar-refractivity contribution in [1.29, 1.82) is 0 Å². The fourth-order valence-electron chi connectivity index (χ4n) is 2.36.